The maximum absolute atomic E-state index is 5.93. The van der Waals surface area contributed by atoms with Gasteiger partial charge in [0.2, 0.25) is 0 Å². The van der Waals surface area contributed by atoms with Gasteiger partial charge in [-0.3, -0.25) is 0 Å². The molecule has 0 unspecified atom stereocenters. The summed E-state index contributed by atoms with van der Waals surface area (Å²) in [5, 5.41) is 0.696. The molecule has 17 heavy (non-hydrogen) atoms. The van der Waals surface area contributed by atoms with Crippen molar-refractivity contribution in [2.45, 2.75) is 13.0 Å². The van der Waals surface area contributed by atoms with Crippen molar-refractivity contribution in [2.75, 3.05) is 40.0 Å². The third-order valence-corrected chi connectivity index (χ3v) is 2.93. The van der Waals surface area contributed by atoms with Gasteiger partial charge in [-0.05, 0) is 58.3 Å². The minimum atomic E-state index is 0.696. The molecule has 0 aliphatic carbocycles. The van der Waals surface area contributed by atoms with Crippen LogP contribution in [-0.2, 0) is 6.54 Å². The summed E-state index contributed by atoms with van der Waals surface area (Å²) < 4.78 is 0. The van der Waals surface area contributed by atoms with Crippen molar-refractivity contribution in [3.05, 3.63) is 28.8 Å². The van der Waals surface area contributed by atoms with E-state index < -0.39 is 0 Å². The third-order valence-electron chi connectivity index (χ3n) is 2.69. The first-order valence-corrected chi connectivity index (χ1v) is 6.24. The molecular weight excluding hydrogens is 234 g/mol. The van der Waals surface area contributed by atoms with Gasteiger partial charge in [0.1, 0.15) is 0 Å². The monoisotopic (exact) mass is 255 g/mol. The predicted molar refractivity (Wildman–Crippen MR) is 75.4 cm³/mol. The molecule has 0 saturated carbocycles. The number of nitrogen functional groups attached to an aromatic ring is 1. The number of nitrogens with zero attached hydrogens (tertiary/aromatic N) is 2. The van der Waals surface area contributed by atoms with Gasteiger partial charge in [-0.2, -0.15) is 0 Å². The van der Waals surface area contributed by atoms with Crippen molar-refractivity contribution in [3.8, 4) is 0 Å². The lowest BCUT2D eigenvalue weighted by Crippen LogP contribution is -2.23. The van der Waals surface area contributed by atoms with Crippen molar-refractivity contribution in [1.29, 1.82) is 0 Å². The Morgan fingerprint density at radius 1 is 1.18 bits per heavy atom. The van der Waals surface area contributed by atoms with E-state index in [9.17, 15) is 0 Å². The van der Waals surface area contributed by atoms with Crippen molar-refractivity contribution in [1.82, 2.24) is 9.80 Å². The Morgan fingerprint density at radius 2 is 1.88 bits per heavy atom. The van der Waals surface area contributed by atoms with Gasteiger partial charge in [0.25, 0.3) is 0 Å². The van der Waals surface area contributed by atoms with Crippen LogP contribution in [0.2, 0.25) is 5.02 Å². The topological polar surface area (TPSA) is 32.5 Å². The molecule has 2 N–H and O–H groups in total. The fourth-order valence-corrected chi connectivity index (χ4v) is 1.92. The lowest BCUT2D eigenvalue weighted by Gasteiger charge is -2.19. The number of benzene rings is 1. The summed E-state index contributed by atoms with van der Waals surface area (Å²) in [6, 6.07) is 5.70. The van der Waals surface area contributed by atoms with Gasteiger partial charge in [-0.15, -0.1) is 0 Å². The molecule has 0 spiro atoms. The minimum absolute atomic E-state index is 0.696. The van der Waals surface area contributed by atoms with E-state index in [1.807, 2.05) is 18.2 Å². The summed E-state index contributed by atoms with van der Waals surface area (Å²) in [6.45, 7) is 3.05. The summed E-state index contributed by atoms with van der Waals surface area (Å²) in [5.74, 6) is 0. The van der Waals surface area contributed by atoms with E-state index in [0.717, 1.165) is 37.3 Å². The molecule has 96 valence electrons. The molecule has 0 saturated heterocycles. The Hall–Kier alpha value is -0.770. The van der Waals surface area contributed by atoms with Crippen molar-refractivity contribution >= 4 is 17.3 Å². The van der Waals surface area contributed by atoms with Crippen LogP contribution in [0, 0.1) is 0 Å². The standard InChI is InChI=1S/C13H22ClN3/c1-16(2)7-4-8-17(3)10-11-5-6-12(14)9-13(11)15/h5-6,9H,4,7-8,10,15H2,1-3H3. The lowest BCUT2D eigenvalue weighted by atomic mass is 10.1. The first-order valence-electron chi connectivity index (χ1n) is 5.86. The van der Waals surface area contributed by atoms with Crippen LogP contribution in [0.4, 0.5) is 5.69 Å². The van der Waals surface area contributed by atoms with Crippen LogP contribution >= 0.6 is 11.6 Å². The van der Waals surface area contributed by atoms with Crippen LogP contribution in [0.15, 0.2) is 18.2 Å². The van der Waals surface area contributed by atoms with E-state index in [-0.39, 0.29) is 0 Å². The zero-order valence-corrected chi connectivity index (χ0v) is 11.7. The Morgan fingerprint density at radius 3 is 2.47 bits per heavy atom. The molecule has 0 aliphatic heterocycles. The van der Waals surface area contributed by atoms with Crippen LogP contribution in [0.5, 0.6) is 0 Å². The largest absolute Gasteiger partial charge is 0.398 e. The molecule has 0 aromatic heterocycles. The van der Waals surface area contributed by atoms with E-state index in [1.165, 1.54) is 0 Å². The first-order chi connectivity index (χ1) is 7.99. The van der Waals surface area contributed by atoms with Gasteiger partial charge in [-0.25, -0.2) is 0 Å². The molecule has 0 heterocycles. The third kappa shape index (κ3) is 5.39. The smallest absolute Gasteiger partial charge is 0.0426 e. The van der Waals surface area contributed by atoms with Gasteiger partial charge in [0.15, 0.2) is 0 Å². The highest BCUT2D eigenvalue weighted by Gasteiger charge is 2.04. The molecule has 0 atom stereocenters. The molecule has 0 bridgehead atoms. The molecule has 0 aliphatic rings. The zero-order chi connectivity index (χ0) is 12.8. The fraction of sp³-hybridized carbons (Fsp3) is 0.538. The zero-order valence-electron chi connectivity index (χ0n) is 10.9. The number of hydrogen-bond donors (Lipinski definition) is 1. The van der Waals surface area contributed by atoms with Crippen LogP contribution in [0.25, 0.3) is 0 Å². The highest BCUT2D eigenvalue weighted by molar-refractivity contribution is 6.30. The average Bonchev–Trinajstić information content (AvgIpc) is 2.21. The highest BCUT2D eigenvalue weighted by Crippen LogP contribution is 2.19. The first kappa shape index (κ1) is 14.3. The van der Waals surface area contributed by atoms with E-state index in [0.29, 0.717) is 5.02 Å². The van der Waals surface area contributed by atoms with Gasteiger partial charge in [0, 0.05) is 17.3 Å². The molecule has 1 aromatic carbocycles. The lowest BCUT2D eigenvalue weighted by molar-refractivity contribution is 0.295. The minimum Gasteiger partial charge on any atom is -0.398 e. The maximum atomic E-state index is 5.93. The normalized spacial score (nSPS) is 11.4. The second-order valence-electron chi connectivity index (χ2n) is 4.74. The molecule has 0 amide bonds. The van der Waals surface area contributed by atoms with Gasteiger partial charge >= 0.3 is 0 Å². The number of nitrogens with two attached hydrogens (primary N) is 1. The van der Waals surface area contributed by atoms with E-state index in [2.05, 4.69) is 30.9 Å². The van der Waals surface area contributed by atoms with Crippen molar-refractivity contribution < 1.29 is 0 Å². The van der Waals surface area contributed by atoms with E-state index in [4.69, 9.17) is 17.3 Å². The van der Waals surface area contributed by atoms with Crippen molar-refractivity contribution in [2.24, 2.45) is 0 Å². The Kier molecular flexibility index (Phi) is 5.75. The van der Waals surface area contributed by atoms with E-state index in [1.54, 1.807) is 0 Å². The summed E-state index contributed by atoms with van der Waals surface area (Å²) in [4.78, 5) is 4.48. The number of rotatable bonds is 6. The Labute approximate surface area is 109 Å². The number of anilines is 1. The number of halogens is 1. The predicted octanol–water partition coefficient (Wildman–Crippen LogP) is 2.31. The molecule has 1 rings (SSSR count). The average molecular weight is 256 g/mol. The Balaban J connectivity index is 2.42. The van der Waals surface area contributed by atoms with Gasteiger partial charge in [0.05, 0.1) is 0 Å². The van der Waals surface area contributed by atoms with Crippen LogP contribution in [0.1, 0.15) is 12.0 Å². The Bertz CT molecular complexity index is 353. The summed E-state index contributed by atoms with van der Waals surface area (Å²) >= 11 is 5.87. The second-order valence-corrected chi connectivity index (χ2v) is 5.17. The molecule has 4 heteroatoms. The van der Waals surface area contributed by atoms with Gasteiger partial charge in [-0.1, -0.05) is 17.7 Å². The van der Waals surface area contributed by atoms with E-state index >= 15 is 0 Å². The number of hydrogen-bond acceptors (Lipinski definition) is 3. The fourth-order valence-electron chi connectivity index (χ4n) is 1.74. The molecule has 1 aromatic rings. The second kappa shape index (κ2) is 6.84. The van der Waals surface area contributed by atoms with Crippen LogP contribution in [-0.4, -0.2) is 44.0 Å². The van der Waals surface area contributed by atoms with Crippen molar-refractivity contribution in [3.63, 3.8) is 0 Å². The maximum Gasteiger partial charge on any atom is 0.0426 e. The molecule has 3 nitrogen and oxygen atoms in total. The van der Waals surface area contributed by atoms with Gasteiger partial charge < -0.3 is 15.5 Å². The van der Waals surface area contributed by atoms with Crippen LogP contribution < -0.4 is 5.73 Å². The SMILES string of the molecule is CN(C)CCCN(C)Cc1ccc(Cl)cc1N. The van der Waals surface area contributed by atoms with Crippen LogP contribution in [0.3, 0.4) is 0 Å². The summed E-state index contributed by atoms with van der Waals surface area (Å²) in [5.41, 5.74) is 7.84. The molecule has 0 radical (unpaired) electrons. The summed E-state index contributed by atoms with van der Waals surface area (Å²) in [7, 11) is 6.30. The quantitative estimate of drug-likeness (QED) is 0.792. The molecular formula is C13H22ClN3. The summed E-state index contributed by atoms with van der Waals surface area (Å²) in [6.07, 6.45) is 1.16. The molecule has 0 fully saturated rings. The highest BCUT2D eigenvalue weighted by atomic mass is 35.5.